The highest BCUT2D eigenvalue weighted by atomic mass is 16.5. The van der Waals surface area contributed by atoms with Gasteiger partial charge in [0.25, 0.3) is 11.5 Å². The van der Waals surface area contributed by atoms with Gasteiger partial charge in [-0.2, -0.15) is 5.10 Å². The normalized spacial score (nSPS) is 12.3. The number of nitrogens with zero attached hydrogens (tertiary/aromatic N) is 3. The lowest BCUT2D eigenvalue weighted by atomic mass is 10.00. The molecular weight excluding hydrogens is 494 g/mol. The fourth-order valence-corrected chi connectivity index (χ4v) is 4.95. The molecule has 0 fully saturated rings. The van der Waals surface area contributed by atoms with E-state index in [1.54, 1.807) is 19.5 Å². The number of ether oxygens (including phenoxy) is 1. The van der Waals surface area contributed by atoms with Crippen molar-refractivity contribution in [1.82, 2.24) is 24.9 Å². The molecule has 3 N–H and O–H groups in total. The van der Waals surface area contributed by atoms with Crippen LogP contribution in [0.25, 0.3) is 27.7 Å². The minimum absolute atomic E-state index is 0.118. The van der Waals surface area contributed by atoms with E-state index in [2.05, 4.69) is 20.4 Å². The number of benzene rings is 2. The quantitative estimate of drug-likeness (QED) is 0.274. The van der Waals surface area contributed by atoms with Gasteiger partial charge in [0.2, 0.25) is 0 Å². The monoisotopic (exact) mass is 525 g/mol. The maximum atomic E-state index is 13.6. The number of amides is 1. The lowest BCUT2D eigenvalue weighted by molar-refractivity contribution is 0.0923. The molecule has 0 bridgehead atoms. The van der Waals surface area contributed by atoms with Gasteiger partial charge in [-0.15, -0.1) is 0 Å². The Kier molecular flexibility index (Phi) is 7.17. The molecule has 200 valence electrons. The van der Waals surface area contributed by atoms with Crippen LogP contribution in [0, 0.1) is 6.92 Å². The third kappa shape index (κ3) is 5.00. The summed E-state index contributed by atoms with van der Waals surface area (Å²) in [5.41, 5.74) is 4.75. The Balaban J connectivity index is 1.57. The summed E-state index contributed by atoms with van der Waals surface area (Å²) in [4.78, 5) is 34.5. The van der Waals surface area contributed by atoms with E-state index in [9.17, 15) is 14.7 Å². The number of hydrogen-bond donors (Lipinski definition) is 3. The Morgan fingerprint density at radius 3 is 2.72 bits per heavy atom. The molecule has 0 saturated heterocycles. The molecular formula is C30H31N5O4. The van der Waals surface area contributed by atoms with Gasteiger partial charge in [0.15, 0.2) is 5.69 Å². The lowest BCUT2D eigenvalue weighted by Gasteiger charge is -2.19. The molecule has 5 rings (SSSR count). The third-order valence-corrected chi connectivity index (χ3v) is 6.93. The minimum Gasteiger partial charge on any atom is -0.497 e. The lowest BCUT2D eigenvalue weighted by Crippen LogP contribution is -2.30. The second kappa shape index (κ2) is 10.7. The van der Waals surface area contributed by atoms with E-state index in [-0.39, 0.29) is 23.8 Å². The average molecular weight is 526 g/mol. The average Bonchev–Trinajstić information content (AvgIpc) is 3.34. The minimum atomic E-state index is -0.469. The fourth-order valence-electron chi connectivity index (χ4n) is 4.95. The third-order valence-electron chi connectivity index (χ3n) is 6.93. The number of aromatic nitrogens is 4. The van der Waals surface area contributed by atoms with Crippen molar-refractivity contribution in [1.29, 1.82) is 0 Å². The van der Waals surface area contributed by atoms with Gasteiger partial charge >= 0.3 is 0 Å². The van der Waals surface area contributed by atoms with Crippen molar-refractivity contribution in [2.75, 3.05) is 13.7 Å². The first kappa shape index (κ1) is 26.1. The van der Waals surface area contributed by atoms with Gasteiger partial charge in [-0.3, -0.25) is 14.6 Å². The first-order chi connectivity index (χ1) is 18.8. The van der Waals surface area contributed by atoms with Crippen LogP contribution in [0.5, 0.6) is 5.75 Å². The number of hydrogen-bond acceptors (Lipinski definition) is 6. The van der Waals surface area contributed by atoms with Crippen LogP contribution in [0.1, 0.15) is 59.4 Å². The van der Waals surface area contributed by atoms with E-state index in [0.717, 1.165) is 27.6 Å². The van der Waals surface area contributed by atoms with Crippen LogP contribution >= 0.6 is 0 Å². The summed E-state index contributed by atoms with van der Waals surface area (Å²) >= 11 is 0. The van der Waals surface area contributed by atoms with Gasteiger partial charge in [0.1, 0.15) is 11.3 Å². The summed E-state index contributed by atoms with van der Waals surface area (Å²) in [5.74, 6) is 0.0821. The highest BCUT2D eigenvalue weighted by Crippen LogP contribution is 2.28. The molecule has 1 atom stereocenters. The van der Waals surface area contributed by atoms with Gasteiger partial charge in [-0.25, -0.2) is 4.52 Å². The number of carbonyl (C=O) groups is 1. The summed E-state index contributed by atoms with van der Waals surface area (Å²) in [5, 5.41) is 18.2. The molecule has 5 aromatic rings. The summed E-state index contributed by atoms with van der Waals surface area (Å²) in [6.07, 6.45) is 3.74. The zero-order valence-electron chi connectivity index (χ0n) is 22.4. The van der Waals surface area contributed by atoms with Crippen molar-refractivity contribution in [3.63, 3.8) is 0 Å². The number of pyridine rings is 1. The zero-order chi connectivity index (χ0) is 27.7. The number of aliphatic hydroxyl groups excluding tert-OH is 1. The summed E-state index contributed by atoms with van der Waals surface area (Å²) in [6, 6.07) is 14.8. The van der Waals surface area contributed by atoms with E-state index >= 15 is 0 Å². The number of fused-ring (bicyclic) bond motifs is 2. The number of carbonyl (C=O) groups excluding carboxylic acids is 1. The molecule has 0 aliphatic rings. The van der Waals surface area contributed by atoms with Crippen molar-refractivity contribution in [3.8, 4) is 17.0 Å². The maximum Gasteiger partial charge on any atom is 0.274 e. The van der Waals surface area contributed by atoms with Crippen LogP contribution < -0.4 is 15.6 Å². The number of aliphatic hydroxyl groups is 1. The predicted octanol–water partition coefficient (Wildman–Crippen LogP) is 4.53. The first-order valence-electron chi connectivity index (χ1n) is 12.9. The summed E-state index contributed by atoms with van der Waals surface area (Å²) < 4.78 is 6.80. The van der Waals surface area contributed by atoms with Crippen LogP contribution in [-0.2, 0) is 0 Å². The molecule has 3 aromatic heterocycles. The van der Waals surface area contributed by atoms with Crippen LogP contribution in [-0.4, -0.2) is 44.3 Å². The maximum absolute atomic E-state index is 13.6. The van der Waals surface area contributed by atoms with Crippen molar-refractivity contribution in [2.45, 2.75) is 39.2 Å². The molecule has 1 unspecified atom stereocenters. The number of aromatic amines is 1. The summed E-state index contributed by atoms with van der Waals surface area (Å²) in [7, 11) is 1.57. The number of rotatable bonds is 8. The molecule has 0 aliphatic carbocycles. The van der Waals surface area contributed by atoms with Crippen molar-refractivity contribution < 1.29 is 14.6 Å². The smallest absolute Gasteiger partial charge is 0.274 e. The van der Waals surface area contributed by atoms with E-state index in [0.29, 0.717) is 28.9 Å². The van der Waals surface area contributed by atoms with Crippen LogP contribution in [0.4, 0.5) is 0 Å². The van der Waals surface area contributed by atoms with Crippen molar-refractivity contribution in [3.05, 3.63) is 93.7 Å². The molecule has 0 saturated carbocycles. The van der Waals surface area contributed by atoms with Gasteiger partial charge in [0, 0.05) is 29.3 Å². The molecule has 9 nitrogen and oxygen atoms in total. The largest absolute Gasteiger partial charge is 0.497 e. The topological polar surface area (TPSA) is 122 Å². The molecule has 0 aliphatic heterocycles. The SMILES string of the molecule is COc1cccc(C(CCO)NC(=O)c2nn3cc(-c4cnc5cccc(C)c5c4)[nH]c(=O)c3c2C(C)C)c1. The van der Waals surface area contributed by atoms with E-state index in [4.69, 9.17) is 4.74 Å². The second-order valence-corrected chi connectivity index (χ2v) is 9.89. The van der Waals surface area contributed by atoms with E-state index in [1.807, 2.05) is 69.3 Å². The highest BCUT2D eigenvalue weighted by molar-refractivity contribution is 5.96. The first-order valence-corrected chi connectivity index (χ1v) is 12.9. The van der Waals surface area contributed by atoms with Crippen molar-refractivity contribution >= 4 is 22.3 Å². The summed E-state index contributed by atoms with van der Waals surface area (Å²) in [6.45, 7) is 5.74. The molecule has 1 amide bonds. The number of methoxy groups -OCH3 is 1. The van der Waals surface area contributed by atoms with Crippen LogP contribution in [0.3, 0.4) is 0 Å². The van der Waals surface area contributed by atoms with E-state index < -0.39 is 11.9 Å². The number of aryl methyl sites for hydroxylation is 1. The van der Waals surface area contributed by atoms with Gasteiger partial charge in [0.05, 0.1) is 30.6 Å². The zero-order valence-corrected chi connectivity index (χ0v) is 22.4. The molecule has 39 heavy (non-hydrogen) atoms. The molecule has 3 heterocycles. The van der Waals surface area contributed by atoms with Crippen molar-refractivity contribution in [2.24, 2.45) is 0 Å². The Labute approximate surface area is 225 Å². The van der Waals surface area contributed by atoms with Crippen LogP contribution in [0.2, 0.25) is 0 Å². The molecule has 9 heteroatoms. The van der Waals surface area contributed by atoms with Gasteiger partial charge in [-0.1, -0.05) is 38.1 Å². The standard InChI is InChI=1S/C30H31N5O4/c1-17(2)26-27(29(37)32-23(11-12-36)19-8-6-9-21(13-19)39-4)34-35-16-25(33-30(38)28(26)35)20-14-22-18(3)7-5-10-24(22)31-15-20/h5-10,13-17,23,36H,11-12H2,1-4H3,(H,32,37)(H,33,38). The number of nitrogens with one attached hydrogen (secondary N) is 2. The Hall–Kier alpha value is -4.50. The highest BCUT2D eigenvalue weighted by Gasteiger charge is 2.26. The van der Waals surface area contributed by atoms with Gasteiger partial charge < -0.3 is 20.1 Å². The Bertz CT molecular complexity index is 1740. The second-order valence-electron chi connectivity index (χ2n) is 9.89. The van der Waals surface area contributed by atoms with Crippen LogP contribution in [0.15, 0.2) is 65.7 Å². The Morgan fingerprint density at radius 1 is 1.18 bits per heavy atom. The predicted molar refractivity (Wildman–Crippen MR) is 150 cm³/mol. The van der Waals surface area contributed by atoms with E-state index in [1.165, 1.54) is 4.52 Å². The number of H-pyrrole nitrogens is 1. The molecule has 0 spiro atoms. The fraction of sp³-hybridized carbons (Fsp3) is 0.267. The molecule has 0 radical (unpaired) electrons. The van der Waals surface area contributed by atoms with Gasteiger partial charge in [-0.05, 0) is 54.7 Å². The molecule has 2 aromatic carbocycles. The Morgan fingerprint density at radius 2 is 1.97 bits per heavy atom.